The Bertz CT molecular complexity index is 555. The van der Waals surface area contributed by atoms with Crippen LogP contribution in [0.2, 0.25) is 0 Å². The Morgan fingerprint density at radius 1 is 1.44 bits per heavy atom. The summed E-state index contributed by atoms with van der Waals surface area (Å²) < 4.78 is 7.33. The van der Waals surface area contributed by atoms with Crippen molar-refractivity contribution in [1.29, 1.82) is 0 Å². The number of hydrogen-bond donors (Lipinski definition) is 1. The number of fused-ring (bicyclic) bond motifs is 1. The van der Waals surface area contributed by atoms with E-state index in [4.69, 9.17) is 4.74 Å². The number of hydrogen-bond acceptors (Lipinski definition) is 5. The SMILES string of the molecule is COC1(CNc2ncnc3c2cnn3C)CCC1. The summed E-state index contributed by atoms with van der Waals surface area (Å²) >= 11 is 0. The van der Waals surface area contributed by atoms with Crippen LogP contribution in [-0.2, 0) is 11.8 Å². The molecule has 6 heteroatoms. The fourth-order valence-corrected chi connectivity index (χ4v) is 2.37. The van der Waals surface area contributed by atoms with Crippen molar-refractivity contribution in [3.8, 4) is 0 Å². The molecule has 2 aromatic heterocycles. The average molecular weight is 247 g/mol. The van der Waals surface area contributed by atoms with Crippen molar-refractivity contribution in [2.24, 2.45) is 7.05 Å². The normalized spacial score (nSPS) is 17.7. The molecule has 0 atom stereocenters. The average Bonchev–Trinajstić information content (AvgIpc) is 2.72. The van der Waals surface area contributed by atoms with Gasteiger partial charge in [-0.05, 0) is 19.3 Å². The van der Waals surface area contributed by atoms with E-state index in [9.17, 15) is 0 Å². The predicted molar refractivity (Wildman–Crippen MR) is 68.4 cm³/mol. The van der Waals surface area contributed by atoms with Gasteiger partial charge in [0.25, 0.3) is 0 Å². The molecule has 0 aliphatic heterocycles. The first-order chi connectivity index (χ1) is 8.74. The minimum atomic E-state index is -0.0144. The zero-order chi connectivity index (χ0) is 12.6. The van der Waals surface area contributed by atoms with E-state index < -0.39 is 0 Å². The van der Waals surface area contributed by atoms with Crippen molar-refractivity contribution >= 4 is 16.9 Å². The van der Waals surface area contributed by atoms with Gasteiger partial charge in [0.15, 0.2) is 5.65 Å². The van der Waals surface area contributed by atoms with Crippen LogP contribution < -0.4 is 5.32 Å². The number of aromatic nitrogens is 4. The maximum Gasteiger partial charge on any atom is 0.163 e. The van der Waals surface area contributed by atoms with Crippen molar-refractivity contribution < 1.29 is 4.74 Å². The Hall–Kier alpha value is -1.69. The van der Waals surface area contributed by atoms with Gasteiger partial charge in [-0.15, -0.1) is 0 Å². The van der Waals surface area contributed by atoms with Crippen LogP contribution in [0.15, 0.2) is 12.5 Å². The lowest BCUT2D eigenvalue weighted by Gasteiger charge is -2.40. The van der Waals surface area contributed by atoms with Crippen LogP contribution in [0.4, 0.5) is 5.82 Å². The smallest absolute Gasteiger partial charge is 0.163 e. The highest BCUT2D eigenvalue weighted by Gasteiger charge is 2.36. The first-order valence-electron chi connectivity index (χ1n) is 6.16. The lowest BCUT2D eigenvalue weighted by atomic mass is 9.80. The van der Waals surface area contributed by atoms with Crippen LogP contribution in [0.5, 0.6) is 0 Å². The Morgan fingerprint density at radius 3 is 2.94 bits per heavy atom. The van der Waals surface area contributed by atoms with E-state index >= 15 is 0 Å². The summed E-state index contributed by atoms with van der Waals surface area (Å²) in [6.45, 7) is 0.782. The molecule has 1 saturated carbocycles. The van der Waals surface area contributed by atoms with Crippen molar-refractivity contribution in [3.63, 3.8) is 0 Å². The minimum absolute atomic E-state index is 0.0144. The predicted octanol–water partition coefficient (Wildman–Crippen LogP) is 1.34. The molecule has 0 aromatic carbocycles. The van der Waals surface area contributed by atoms with E-state index in [1.165, 1.54) is 6.42 Å². The van der Waals surface area contributed by atoms with E-state index in [0.29, 0.717) is 0 Å². The van der Waals surface area contributed by atoms with Crippen LogP contribution in [0, 0.1) is 0 Å². The topological polar surface area (TPSA) is 64.9 Å². The molecule has 1 aliphatic rings. The van der Waals surface area contributed by atoms with Gasteiger partial charge in [-0.2, -0.15) is 5.10 Å². The van der Waals surface area contributed by atoms with Crippen LogP contribution in [0.3, 0.4) is 0 Å². The molecule has 0 unspecified atom stereocenters. The van der Waals surface area contributed by atoms with E-state index in [1.807, 2.05) is 7.05 Å². The Labute approximate surface area is 105 Å². The zero-order valence-electron chi connectivity index (χ0n) is 10.7. The molecular formula is C12H17N5O. The summed E-state index contributed by atoms with van der Waals surface area (Å²) in [6.07, 6.45) is 6.81. The van der Waals surface area contributed by atoms with Gasteiger partial charge in [0.2, 0.25) is 0 Å². The van der Waals surface area contributed by atoms with Gasteiger partial charge >= 0.3 is 0 Å². The minimum Gasteiger partial charge on any atom is -0.376 e. The van der Waals surface area contributed by atoms with Crippen molar-refractivity contribution in [2.45, 2.75) is 24.9 Å². The van der Waals surface area contributed by atoms with Crippen LogP contribution in [-0.4, -0.2) is 39.0 Å². The summed E-state index contributed by atoms with van der Waals surface area (Å²) in [5, 5.41) is 8.51. The largest absolute Gasteiger partial charge is 0.376 e. The van der Waals surface area contributed by atoms with Crippen LogP contribution in [0.25, 0.3) is 11.0 Å². The van der Waals surface area contributed by atoms with Crippen LogP contribution in [0.1, 0.15) is 19.3 Å². The van der Waals surface area contributed by atoms with Gasteiger partial charge in [-0.25, -0.2) is 9.97 Å². The standard InChI is InChI=1S/C12H17N5O/c1-17-11-9(6-16-17)10(14-8-15-11)13-7-12(18-2)4-3-5-12/h6,8H,3-5,7H2,1-2H3,(H,13,14,15). The lowest BCUT2D eigenvalue weighted by molar-refractivity contribution is -0.0601. The maximum absolute atomic E-state index is 5.59. The fraction of sp³-hybridized carbons (Fsp3) is 0.583. The van der Waals surface area contributed by atoms with Gasteiger partial charge in [0.05, 0.1) is 17.2 Å². The van der Waals surface area contributed by atoms with Gasteiger partial charge in [-0.3, -0.25) is 4.68 Å². The number of nitrogens with one attached hydrogen (secondary N) is 1. The third-order valence-electron chi connectivity index (χ3n) is 3.81. The van der Waals surface area contributed by atoms with E-state index in [-0.39, 0.29) is 5.60 Å². The van der Waals surface area contributed by atoms with Gasteiger partial charge in [-0.1, -0.05) is 0 Å². The molecule has 0 bridgehead atoms. The van der Waals surface area contributed by atoms with E-state index in [0.717, 1.165) is 36.2 Å². The second kappa shape index (κ2) is 4.20. The van der Waals surface area contributed by atoms with Gasteiger partial charge in [0.1, 0.15) is 12.1 Å². The second-order valence-corrected chi connectivity index (χ2v) is 4.82. The van der Waals surface area contributed by atoms with E-state index in [1.54, 1.807) is 24.3 Å². The number of nitrogens with zero attached hydrogens (tertiary/aromatic N) is 4. The monoisotopic (exact) mass is 247 g/mol. The third-order valence-corrected chi connectivity index (χ3v) is 3.81. The number of ether oxygens (including phenoxy) is 1. The molecule has 1 fully saturated rings. The highest BCUT2D eigenvalue weighted by atomic mass is 16.5. The number of rotatable bonds is 4. The molecule has 1 aliphatic carbocycles. The van der Waals surface area contributed by atoms with Crippen molar-refractivity contribution in [3.05, 3.63) is 12.5 Å². The van der Waals surface area contributed by atoms with Crippen molar-refractivity contribution in [1.82, 2.24) is 19.7 Å². The molecule has 0 amide bonds. The highest BCUT2D eigenvalue weighted by Crippen LogP contribution is 2.35. The van der Waals surface area contributed by atoms with E-state index in [2.05, 4.69) is 20.4 Å². The number of aryl methyl sites for hydroxylation is 1. The third kappa shape index (κ3) is 1.73. The first-order valence-corrected chi connectivity index (χ1v) is 6.16. The number of methoxy groups -OCH3 is 1. The lowest BCUT2D eigenvalue weighted by Crippen LogP contribution is -2.45. The summed E-state index contributed by atoms with van der Waals surface area (Å²) in [6, 6.07) is 0. The molecule has 0 saturated heterocycles. The Balaban J connectivity index is 1.82. The number of anilines is 1. The molecule has 6 nitrogen and oxygen atoms in total. The molecule has 1 N–H and O–H groups in total. The molecule has 2 aromatic rings. The summed E-state index contributed by atoms with van der Waals surface area (Å²) in [4.78, 5) is 8.50. The highest BCUT2D eigenvalue weighted by molar-refractivity contribution is 5.85. The summed E-state index contributed by atoms with van der Waals surface area (Å²) in [7, 11) is 3.65. The Morgan fingerprint density at radius 2 is 2.28 bits per heavy atom. The molecule has 0 radical (unpaired) electrons. The van der Waals surface area contributed by atoms with Crippen LogP contribution >= 0.6 is 0 Å². The molecule has 2 heterocycles. The second-order valence-electron chi connectivity index (χ2n) is 4.82. The first kappa shape index (κ1) is 11.4. The van der Waals surface area contributed by atoms with Gasteiger partial charge < -0.3 is 10.1 Å². The molecule has 18 heavy (non-hydrogen) atoms. The fourth-order valence-electron chi connectivity index (χ4n) is 2.37. The van der Waals surface area contributed by atoms with Crippen molar-refractivity contribution in [2.75, 3.05) is 19.0 Å². The summed E-state index contributed by atoms with van der Waals surface area (Å²) in [5.41, 5.74) is 0.826. The molecule has 96 valence electrons. The quantitative estimate of drug-likeness (QED) is 0.883. The van der Waals surface area contributed by atoms with Gasteiger partial charge in [0, 0.05) is 20.7 Å². The molecular weight excluding hydrogens is 230 g/mol. The maximum atomic E-state index is 5.59. The Kier molecular flexibility index (Phi) is 2.66. The molecule has 3 rings (SSSR count). The molecule has 0 spiro atoms. The summed E-state index contributed by atoms with van der Waals surface area (Å²) in [5.74, 6) is 0.830. The zero-order valence-corrected chi connectivity index (χ0v) is 10.7.